The van der Waals surface area contributed by atoms with Crippen LogP contribution in [0.1, 0.15) is 34.4 Å². The van der Waals surface area contributed by atoms with E-state index < -0.39 is 15.6 Å². The van der Waals surface area contributed by atoms with Crippen molar-refractivity contribution in [2.45, 2.75) is 29.3 Å². The number of sulfonamides is 1. The van der Waals surface area contributed by atoms with Crippen LogP contribution in [0.25, 0.3) is 6.08 Å². The van der Waals surface area contributed by atoms with Gasteiger partial charge in [-0.3, -0.25) is 0 Å². The average Bonchev–Trinajstić information content (AvgIpc) is 3.56. The molecular weight excluding hydrogens is 575 g/mol. The number of hydrogen-bond acceptors (Lipinski definition) is 3. The Kier molecular flexibility index (Phi) is 9.15. The second-order valence-corrected chi connectivity index (χ2v) is 12.7. The van der Waals surface area contributed by atoms with Crippen LogP contribution >= 0.6 is 0 Å². The molecule has 0 aliphatic rings. The molecule has 0 aliphatic carbocycles. The standard InChI is InChI=1S/C39H35N3O2S/c43-45(44,38-27-14-5-15-28-38)41-36(29-32-17-6-1-7-18-32)25-16-26-37-30-42(31-40-37)39(33-19-8-2-9-20-33,34-21-10-3-11-22-34)35-23-12-4-13-24-35/h1-24,26-28,30-31,36,41H,25,29H2. The van der Waals surface area contributed by atoms with E-state index >= 15 is 0 Å². The van der Waals surface area contributed by atoms with E-state index in [0.717, 1.165) is 27.9 Å². The highest BCUT2D eigenvalue weighted by Crippen LogP contribution is 2.40. The van der Waals surface area contributed by atoms with Gasteiger partial charge in [0.15, 0.2) is 0 Å². The number of nitrogens with one attached hydrogen (secondary N) is 1. The van der Waals surface area contributed by atoms with Crippen molar-refractivity contribution >= 4 is 16.1 Å². The van der Waals surface area contributed by atoms with Crippen LogP contribution in [-0.2, 0) is 22.0 Å². The quantitative estimate of drug-likeness (QED) is 0.145. The maximum absolute atomic E-state index is 13.2. The molecule has 1 N–H and O–H groups in total. The Hall–Kier alpha value is -5.04. The van der Waals surface area contributed by atoms with Gasteiger partial charge in [-0.2, -0.15) is 0 Å². The first-order chi connectivity index (χ1) is 22.1. The molecule has 0 aliphatic heterocycles. The first-order valence-corrected chi connectivity index (χ1v) is 16.5. The first-order valence-electron chi connectivity index (χ1n) is 15.0. The molecule has 1 aromatic heterocycles. The maximum atomic E-state index is 13.2. The summed E-state index contributed by atoms with van der Waals surface area (Å²) in [6.45, 7) is 0. The van der Waals surface area contributed by atoms with Crippen LogP contribution in [0.2, 0.25) is 0 Å². The van der Waals surface area contributed by atoms with Crippen LogP contribution in [0.15, 0.2) is 175 Å². The normalized spacial score (nSPS) is 12.7. The van der Waals surface area contributed by atoms with Gasteiger partial charge in [-0.15, -0.1) is 0 Å². The highest BCUT2D eigenvalue weighted by Gasteiger charge is 2.38. The lowest BCUT2D eigenvalue weighted by atomic mass is 9.77. The lowest BCUT2D eigenvalue weighted by molar-refractivity contribution is 0.514. The Morgan fingerprint density at radius 3 is 1.64 bits per heavy atom. The Balaban J connectivity index is 1.33. The largest absolute Gasteiger partial charge is 0.318 e. The predicted octanol–water partition coefficient (Wildman–Crippen LogP) is 7.72. The Bertz CT molecular complexity index is 1830. The summed E-state index contributed by atoms with van der Waals surface area (Å²) < 4.78 is 31.6. The lowest BCUT2D eigenvalue weighted by Crippen LogP contribution is -2.36. The summed E-state index contributed by atoms with van der Waals surface area (Å²) in [5.74, 6) is 0. The smallest absolute Gasteiger partial charge is 0.240 e. The summed E-state index contributed by atoms with van der Waals surface area (Å²) in [4.78, 5) is 5.05. The molecule has 0 spiro atoms. The lowest BCUT2D eigenvalue weighted by Gasteiger charge is -2.37. The SMILES string of the molecule is O=S(=O)(NC(CC=Cc1cn(C(c2ccccc2)(c2ccccc2)c2ccccc2)cn1)Cc1ccccc1)c1ccccc1. The second kappa shape index (κ2) is 13.7. The van der Waals surface area contributed by atoms with Crippen molar-refractivity contribution in [3.63, 3.8) is 0 Å². The maximum Gasteiger partial charge on any atom is 0.240 e. The molecule has 1 unspecified atom stereocenters. The van der Waals surface area contributed by atoms with Gasteiger partial charge in [0.1, 0.15) is 5.54 Å². The topological polar surface area (TPSA) is 64.0 Å². The zero-order valence-corrected chi connectivity index (χ0v) is 25.7. The van der Waals surface area contributed by atoms with Crippen LogP contribution in [0.3, 0.4) is 0 Å². The summed E-state index contributed by atoms with van der Waals surface area (Å²) in [7, 11) is -3.69. The minimum absolute atomic E-state index is 0.255. The van der Waals surface area contributed by atoms with Gasteiger partial charge >= 0.3 is 0 Å². The Labute approximate surface area is 265 Å². The minimum atomic E-state index is -3.69. The molecule has 0 saturated heterocycles. The molecule has 45 heavy (non-hydrogen) atoms. The van der Waals surface area contributed by atoms with Gasteiger partial charge < -0.3 is 4.57 Å². The summed E-state index contributed by atoms with van der Waals surface area (Å²) in [6.07, 6.45) is 8.97. The zero-order valence-electron chi connectivity index (χ0n) is 24.9. The third-order valence-electron chi connectivity index (χ3n) is 7.97. The highest BCUT2D eigenvalue weighted by molar-refractivity contribution is 7.89. The Morgan fingerprint density at radius 2 is 1.13 bits per heavy atom. The molecule has 5 nitrogen and oxygen atoms in total. The molecule has 0 radical (unpaired) electrons. The van der Waals surface area contributed by atoms with Crippen molar-refractivity contribution < 1.29 is 8.42 Å². The van der Waals surface area contributed by atoms with E-state index in [4.69, 9.17) is 4.98 Å². The fourth-order valence-corrected chi connectivity index (χ4v) is 7.17. The number of benzene rings is 5. The first kappa shape index (κ1) is 30.0. The van der Waals surface area contributed by atoms with Gasteiger partial charge in [-0.25, -0.2) is 18.1 Å². The average molecular weight is 610 g/mol. The van der Waals surface area contributed by atoms with Crippen molar-refractivity contribution in [3.8, 4) is 0 Å². The molecule has 0 fully saturated rings. The van der Waals surface area contributed by atoms with Crippen molar-refractivity contribution in [2.24, 2.45) is 0 Å². The van der Waals surface area contributed by atoms with Crippen LogP contribution < -0.4 is 4.72 Å². The second-order valence-electron chi connectivity index (χ2n) is 11.0. The van der Waals surface area contributed by atoms with Crippen molar-refractivity contribution in [2.75, 3.05) is 0 Å². The monoisotopic (exact) mass is 609 g/mol. The molecule has 6 heteroatoms. The highest BCUT2D eigenvalue weighted by atomic mass is 32.2. The zero-order chi connectivity index (χ0) is 31.0. The van der Waals surface area contributed by atoms with Crippen LogP contribution in [0, 0.1) is 0 Å². The van der Waals surface area contributed by atoms with E-state index in [1.165, 1.54) is 0 Å². The number of aromatic nitrogens is 2. The number of rotatable bonds is 12. The van der Waals surface area contributed by atoms with Crippen molar-refractivity contribution in [1.29, 1.82) is 0 Å². The number of imidazole rings is 1. The van der Waals surface area contributed by atoms with E-state index in [1.807, 2.05) is 73.1 Å². The van der Waals surface area contributed by atoms with Crippen LogP contribution in [0.5, 0.6) is 0 Å². The van der Waals surface area contributed by atoms with E-state index in [0.29, 0.717) is 12.8 Å². The molecule has 224 valence electrons. The minimum Gasteiger partial charge on any atom is -0.318 e. The van der Waals surface area contributed by atoms with Gasteiger partial charge in [0, 0.05) is 12.2 Å². The van der Waals surface area contributed by atoms with Gasteiger partial charge in [0.25, 0.3) is 0 Å². The molecule has 1 atom stereocenters. The van der Waals surface area contributed by atoms with E-state index in [-0.39, 0.29) is 10.9 Å². The van der Waals surface area contributed by atoms with E-state index in [1.54, 1.807) is 24.3 Å². The summed E-state index contributed by atoms with van der Waals surface area (Å²) in [6, 6.07) is 49.5. The molecule has 0 amide bonds. The van der Waals surface area contributed by atoms with E-state index in [2.05, 4.69) is 88.3 Å². The molecule has 6 aromatic rings. The van der Waals surface area contributed by atoms with Gasteiger partial charge in [-0.05, 0) is 53.3 Å². The number of nitrogens with zero attached hydrogens (tertiary/aromatic N) is 2. The summed E-state index contributed by atoms with van der Waals surface area (Å²) in [5.41, 5.74) is 4.56. The molecule has 0 saturated carbocycles. The molecule has 0 bridgehead atoms. The van der Waals surface area contributed by atoms with Crippen LogP contribution in [-0.4, -0.2) is 24.0 Å². The van der Waals surface area contributed by atoms with Crippen molar-refractivity contribution in [3.05, 3.63) is 198 Å². The third-order valence-corrected chi connectivity index (χ3v) is 9.51. The predicted molar refractivity (Wildman–Crippen MR) is 181 cm³/mol. The fourth-order valence-electron chi connectivity index (χ4n) is 5.90. The summed E-state index contributed by atoms with van der Waals surface area (Å²) >= 11 is 0. The van der Waals surface area contributed by atoms with Crippen LogP contribution in [0.4, 0.5) is 0 Å². The molecule has 1 heterocycles. The van der Waals surface area contributed by atoms with Crippen molar-refractivity contribution in [1.82, 2.24) is 14.3 Å². The molecular formula is C39H35N3O2S. The molecule has 6 rings (SSSR count). The van der Waals surface area contributed by atoms with Gasteiger partial charge in [0.05, 0.1) is 16.9 Å². The third kappa shape index (κ3) is 6.73. The van der Waals surface area contributed by atoms with E-state index in [9.17, 15) is 8.42 Å². The van der Waals surface area contributed by atoms with Gasteiger partial charge in [-0.1, -0.05) is 146 Å². The number of hydrogen-bond donors (Lipinski definition) is 1. The summed E-state index contributed by atoms with van der Waals surface area (Å²) in [5, 5.41) is 0. The Morgan fingerprint density at radius 1 is 0.667 bits per heavy atom. The molecule has 5 aromatic carbocycles. The fraction of sp³-hybridized carbons (Fsp3) is 0.103. The van der Waals surface area contributed by atoms with Gasteiger partial charge in [0.2, 0.25) is 10.0 Å².